The van der Waals surface area contributed by atoms with Crippen molar-refractivity contribution in [3.63, 3.8) is 0 Å². The van der Waals surface area contributed by atoms with Crippen molar-refractivity contribution in [2.45, 2.75) is 13.0 Å². The highest BCUT2D eigenvalue weighted by Gasteiger charge is 2.28. The number of fused-ring (bicyclic) bond motifs is 1. The van der Waals surface area contributed by atoms with E-state index in [4.69, 9.17) is 9.26 Å². The number of sulfonamides is 1. The largest absolute Gasteiger partial charge is 0.497 e. The number of nitrogens with zero attached hydrogens (tertiary/aromatic N) is 5. The van der Waals surface area contributed by atoms with E-state index in [1.165, 1.54) is 10.6 Å². The molecule has 1 saturated heterocycles. The van der Waals surface area contributed by atoms with E-state index in [0.717, 1.165) is 16.9 Å². The summed E-state index contributed by atoms with van der Waals surface area (Å²) >= 11 is 0. The van der Waals surface area contributed by atoms with Gasteiger partial charge in [0.25, 0.3) is 5.91 Å². The van der Waals surface area contributed by atoms with Crippen LogP contribution in [0.3, 0.4) is 0 Å². The Balaban J connectivity index is 1.17. The molecule has 2 aliphatic rings. The van der Waals surface area contributed by atoms with E-state index in [1.54, 1.807) is 19.2 Å². The molecule has 0 spiro atoms. The van der Waals surface area contributed by atoms with Gasteiger partial charge in [-0.2, -0.15) is 4.98 Å². The first-order valence-corrected chi connectivity index (χ1v) is 13.3. The molecule has 1 amide bonds. The lowest BCUT2D eigenvalue weighted by Gasteiger charge is -2.34. The van der Waals surface area contributed by atoms with Crippen molar-refractivity contribution >= 4 is 21.6 Å². The van der Waals surface area contributed by atoms with E-state index in [0.29, 0.717) is 68.7 Å². The number of carbonyl (C=O) groups excluding carboxylic acids is 1. The van der Waals surface area contributed by atoms with Gasteiger partial charge in [-0.05, 0) is 54.4 Å². The number of methoxy groups -OCH3 is 1. The Morgan fingerprint density at radius 1 is 1.06 bits per heavy atom. The smallest absolute Gasteiger partial charge is 0.253 e. The van der Waals surface area contributed by atoms with Gasteiger partial charge in [0.1, 0.15) is 5.75 Å². The molecule has 10 nitrogen and oxygen atoms in total. The molecular formula is C24H27N5O5S. The number of amides is 1. The van der Waals surface area contributed by atoms with Gasteiger partial charge in [0, 0.05) is 43.9 Å². The molecule has 0 bridgehead atoms. The fraction of sp³-hybridized carbons (Fsp3) is 0.375. The topological polar surface area (TPSA) is 109 Å². The van der Waals surface area contributed by atoms with Gasteiger partial charge in [-0.15, -0.1) is 0 Å². The fourth-order valence-corrected chi connectivity index (χ4v) is 5.47. The van der Waals surface area contributed by atoms with Gasteiger partial charge in [-0.1, -0.05) is 5.16 Å². The highest BCUT2D eigenvalue weighted by molar-refractivity contribution is 7.92. The number of benzene rings is 2. The molecule has 3 heterocycles. The minimum Gasteiger partial charge on any atom is -0.497 e. The first-order chi connectivity index (χ1) is 16.8. The van der Waals surface area contributed by atoms with E-state index >= 15 is 0 Å². The first-order valence-electron chi connectivity index (χ1n) is 11.4. The summed E-state index contributed by atoms with van der Waals surface area (Å²) in [6.07, 6.45) is 1.81. The number of aromatic nitrogens is 2. The molecule has 35 heavy (non-hydrogen) atoms. The second kappa shape index (κ2) is 9.31. The zero-order valence-corrected chi connectivity index (χ0v) is 20.5. The molecule has 0 atom stereocenters. The van der Waals surface area contributed by atoms with Crippen LogP contribution in [0.4, 0.5) is 5.69 Å². The molecule has 0 radical (unpaired) electrons. The highest BCUT2D eigenvalue weighted by atomic mass is 32.2. The number of carbonyl (C=O) groups is 1. The van der Waals surface area contributed by atoms with Crippen molar-refractivity contribution in [2.24, 2.45) is 0 Å². The number of anilines is 1. The summed E-state index contributed by atoms with van der Waals surface area (Å²) in [6.45, 7) is 3.50. The Bertz CT molecular complexity index is 1330. The number of rotatable bonds is 6. The molecule has 1 fully saturated rings. The van der Waals surface area contributed by atoms with Crippen LogP contribution in [0.25, 0.3) is 11.4 Å². The van der Waals surface area contributed by atoms with Crippen molar-refractivity contribution in [3.8, 4) is 17.1 Å². The molecule has 11 heteroatoms. The SMILES string of the molecule is COc1ccc(-c2noc(CN3CCN(C(=O)c4ccc5c(c4)CCN5S(C)(=O)=O)CC3)n2)cc1. The Labute approximate surface area is 204 Å². The van der Waals surface area contributed by atoms with Gasteiger partial charge in [0.2, 0.25) is 21.7 Å². The van der Waals surface area contributed by atoms with Crippen molar-refractivity contribution in [2.75, 3.05) is 50.4 Å². The second-order valence-electron chi connectivity index (χ2n) is 8.74. The average molecular weight is 498 g/mol. The summed E-state index contributed by atoms with van der Waals surface area (Å²) < 4.78 is 35.9. The summed E-state index contributed by atoms with van der Waals surface area (Å²) in [5.41, 5.74) is 3.00. The number of piperazine rings is 1. The van der Waals surface area contributed by atoms with Crippen molar-refractivity contribution < 1.29 is 22.5 Å². The average Bonchev–Trinajstić information content (AvgIpc) is 3.51. The van der Waals surface area contributed by atoms with Crippen molar-refractivity contribution in [1.29, 1.82) is 0 Å². The molecule has 184 valence electrons. The lowest BCUT2D eigenvalue weighted by atomic mass is 10.1. The lowest BCUT2D eigenvalue weighted by Crippen LogP contribution is -2.48. The molecule has 0 N–H and O–H groups in total. The van der Waals surface area contributed by atoms with E-state index < -0.39 is 10.0 Å². The van der Waals surface area contributed by atoms with Gasteiger partial charge in [-0.25, -0.2) is 8.42 Å². The Hall–Kier alpha value is -3.44. The van der Waals surface area contributed by atoms with E-state index in [-0.39, 0.29) is 5.91 Å². The van der Waals surface area contributed by atoms with Crippen LogP contribution in [0.5, 0.6) is 5.75 Å². The summed E-state index contributed by atoms with van der Waals surface area (Å²) in [5, 5.41) is 4.08. The molecule has 0 aliphatic carbocycles. The van der Waals surface area contributed by atoms with Crippen molar-refractivity contribution in [1.82, 2.24) is 19.9 Å². The summed E-state index contributed by atoms with van der Waals surface area (Å²) in [5.74, 6) is 1.79. The van der Waals surface area contributed by atoms with Crippen LogP contribution in [0.2, 0.25) is 0 Å². The third kappa shape index (κ3) is 4.87. The van der Waals surface area contributed by atoms with E-state index in [9.17, 15) is 13.2 Å². The first kappa shape index (κ1) is 23.3. The number of hydrogen-bond acceptors (Lipinski definition) is 8. The van der Waals surface area contributed by atoms with Gasteiger partial charge in [0.15, 0.2) is 0 Å². The predicted octanol–water partition coefficient (Wildman–Crippen LogP) is 2.03. The van der Waals surface area contributed by atoms with E-state index in [1.807, 2.05) is 35.2 Å². The maximum Gasteiger partial charge on any atom is 0.253 e. The highest BCUT2D eigenvalue weighted by Crippen LogP contribution is 2.31. The number of hydrogen-bond donors (Lipinski definition) is 0. The standard InChI is InChI=1S/C24H27N5O5S/c1-33-20-6-3-17(4-7-20)23-25-22(34-26-23)16-27-11-13-28(14-12-27)24(30)19-5-8-21-18(15-19)9-10-29(21)35(2,31)32/h3-8,15H,9-14,16H2,1-2H3. The minimum atomic E-state index is -3.31. The Morgan fingerprint density at radius 2 is 1.80 bits per heavy atom. The zero-order valence-electron chi connectivity index (χ0n) is 19.7. The van der Waals surface area contributed by atoms with E-state index in [2.05, 4.69) is 15.0 Å². The maximum absolute atomic E-state index is 13.1. The quantitative estimate of drug-likeness (QED) is 0.509. The second-order valence-corrected chi connectivity index (χ2v) is 10.6. The summed E-state index contributed by atoms with van der Waals surface area (Å²) in [7, 11) is -1.69. The minimum absolute atomic E-state index is 0.0372. The summed E-state index contributed by atoms with van der Waals surface area (Å²) in [4.78, 5) is 21.6. The Morgan fingerprint density at radius 3 is 2.49 bits per heavy atom. The van der Waals surface area contributed by atoms with Gasteiger partial charge in [-0.3, -0.25) is 14.0 Å². The maximum atomic E-state index is 13.1. The van der Waals surface area contributed by atoms with Crippen molar-refractivity contribution in [3.05, 3.63) is 59.5 Å². The van der Waals surface area contributed by atoms with Crippen LogP contribution < -0.4 is 9.04 Å². The normalized spacial score (nSPS) is 16.4. The summed E-state index contributed by atoms with van der Waals surface area (Å²) in [6, 6.07) is 12.8. The van der Waals surface area contributed by atoms with Crippen LogP contribution in [-0.2, 0) is 23.0 Å². The molecule has 3 aromatic rings. The van der Waals surface area contributed by atoms with Crippen LogP contribution >= 0.6 is 0 Å². The van der Waals surface area contributed by atoms with Gasteiger partial charge < -0.3 is 14.2 Å². The van der Waals surface area contributed by atoms with Crippen LogP contribution in [0, 0.1) is 0 Å². The monoisotopic (exact) mass is 497 g/mol. The third-order valence-corrected chi connectivity index (χ3v) is 7.59. The predicted molar refractivity (Wildman–Crippen MR) is 130 cm³/mol. The lowest BCUT2D eigenvalue weighted by molar-refractivity contribution is 0.0615. The van der Waals surface area contributed by atoms with Crippen LogP contribution in [-0.4, -0.2) is 80.4 Å². The van der Waals surface area contributed by atoms with Crippen LogP contribution in [0.1, 0.15) is 21.8 Å². The molecule has 1 aromatic heterocycles. The molecule has 2 aliphatic heterocycles. The molecule has 5 rings (SSSR count). The van der Waals surface area contributed by atoms with Gasteiger partial charge in [0.05, 0.1) is 25.6 Å². The Kier molecular flexibility index (Phi) is 6.20. The molecule has 0 unspecified atom stereocenters. The molecule has 0 saturated carbocycles. The van der Waals surface area contributed by atoms with Gasteiger partial charge >= 0.3 is 0 Å². The third-order valence-electron chi connectivity index (χ3n) is 6.41. The molecule has 2 aromatic carbocycles. The molecular weight excluding hydrogens is 470 g/mol. The zero-order chi connectivity index (χ0) is 24.6. The number of ether oxygens (including phenoxy) is 1. The van der Waals surface area contributed by atoms with Crippen LogP contribution in [0.15, 0.2) is 47.0 Å². The fourth-order valence-electron chi connectivity index (χ4n) is 4.51.